The summed E-state index contributed by atoms with van der Waals surface area (Å²) in [6, 6.07) is 3.87. The number of carbonyl (C=O) groups is 1. The van der Waals surface area contributed by atoms with E-state index in [1.165, 1.54) is 18.2 Å². The summed E-state index contributed by atoms with van der Waals surface area (Å²) in [6.45, 7) is 1.52. The van der Waals surface area contributed by atoms with Gasteiger partial charge < -0.3 is 11.1 Å². The molecule has 0 saturated carbocycles. The molecule has 1 aromatic rings. The lowest BCUT2D eigenvalue weighted by Crippen LogP contribution is -2.48. The van der Waals surface area contributed by atoms with Crippen LogP contribution in [0.4, 0.5) is 8.78 Å². The number of hydrogen-bond acceptors (Lipinski definition) is 3. The van der Waals surface area contributed by atoms with E-state index in [1.54, 1.807) is 0 Å². The molecule has 1 aliphatic rings. The molecule has 126 valence electrons. The number of halogens is 4. The van der Waals surface area contributed by atoms with Crippen molar-refractivity contribution in [3.63, 3.8) is 0 Å². The molecule has 0 aromatic heterocycles. The Morgan fingerprint density at radius 1 is 1.32 bits per heavy atom. The first-order valence-electron chi connectivity index (χ1n) is 6.75. The van der Waals surface area contributed by atoms with Gasteiger partial charge in [0.15, 0.2) is 0 Å². The van der Waals surface area contributed by atoms with Crippen molar-refractivity contribution in [2.45, 2.75) is 25.4 Å². The third-order valence-electron chi connectivity index (χ3n) is 3.50. The van der Waals surface area contributed by atoms with Crippen molar-refractivity contribution < 1.29 is 13.6 Å². The van der Waals surface area contributed by atoms with E-state index in [0.29, 0.717) is 6.54 Å². The van der Waals surface area contributed by atoms with Gasteiger partial charge in [-0.05, 0) is 31.5 Å². The number of nitrogens with one attached hydrogen (secondary N) is 1. The molecule has 0 radical (unpaired) electrons. The van der Waals surface area contributed by atoms with Crippen molar-refractivity contribution in [1.29, 1.82) is 0 Å². The molecule has 1 heterocycles. The van der Waals surface area contributed by atoms with Gasteiger partial charge in [0.25, 0.3) is 0 Å². The first-order valence-corrected chi connectivity index (χ1v) is 6.75. The highest BCUT2D eigenvalue weighted by Crippen LogP contribution is 2.18. The molecular weight excluding hydrogens is 335 g/mol. The van der Waals surface area contributed by atoms with Crippen LogP contribution < -0.4 is 11.1 Å². The van der Waals surface area contributed by atoms with Crippen LogP contribution in [-0.2, 0) is 11.3 Å². The van der Waals surface area contributed by atoms with Crippen molar-refractivity contribution in [2.24, 2.45) is 5.73 Å². The minimum Gasteiger partial charge on any atom is -0.351 e. The number of carbonyl (C=O) groups excluding carboxylic acids is 1. The smallest absolute Gasteiger partial charge is 0.233 e. The summed E-state index contributed by atoms with van der Waals surface area (Å²) < 4.78 is 27.2. The number of likely N-dealkylation sites (tertiary alicyclic amines) is 1. The standard InChI is InChI=1S/C14H19F2N3O.2ClH/c15-12-4-1-5-13(16)11(12)9-19-6-2-3-10(8-19)18-14(20)7-17;;/h1,4-5,10H,2-3,6-9,17H2,(H,18,20);2*1H. The topological polar surface area (TPSA) is 58.4 Å². The Balaban J connectivity index is 0.00000220. The molecule has 22 heavy (non-hydrogen) atoms. The molecule has 1 unspecified atom stereocenters. The summed E-state index contributed by atoms with van der Waals surface area (Å²) in [7, 11) is 0. The van der Waals surface area contributed by atoms with E-state index in [-0.39, 0.29) is 55.4 Å². The fraction of sp³-hybridized carbons (Fsp3) is 0.500. The van der Waals surface area contributed by atoms with Crippen LogP contribution in [0.15, 0.2) is 18.2 Å². The van der Waals surface area contributed by atoms with Crippen LogP contribution >= 0.6 is 24.8 Å². The fourth-order valence-electron chi connectivity index (χ4n) is 2.51. The second kappa shape index (κ2) is 9.94. The molecule has 1 amide bonds. The number of nitrogens with two attached hydrogens (primary N) is 1. The van der Waals surface area contributed by atoms with Crippen LogP contribution in [0.3, 0.4) is 0 Å². The van der Waals surface area contributed by atoms with Crippen molar-refractivity contribution in [3.05, 3.63) is 35.4 Å². The van der Waals surface area contributed by atoms with Crippen LogP contribution in [0.5, 0.6) is 0 Å². The third-order valence-corrected chi connectivity index (χ3v) is 3.50. The zero-order valence-electron chi connectivity index (χ0n) is 12.1. The van der Waals surface area contributed by atoms with Gasteiger partial charge in [-0.25, -0.2) is 8.78 Å². The maximum atomic E-state index is 13.6. The van der Waals surface area contributed by atoms with Gasteiger partial charge in [-0.3, -0.25) is 9.69 Å². The number of piperidine rings is 1. The normalized spacial score (nSPS) is 18.0. The quantitative estimate of drug-likeness (QED) is 0.866. The van der Waals surface area contributed by atoms with E-state index >= 15 is 0 Å². The lowest BCUT2D eigenvalue weighted by Gasteiger charge is -2.33. The molecule has 1 aromatic carbocycles. The van der Waals surface area contributed by atoms with Gasteiger partial charge in [-0.15, -0.1) is 24.8 Å². The summed E-state index contributed by atoms with van der Waals surface area (Å²) in [5.74, 6) is -1.26. The molecule has 2 rings (SSSR count). The maximum absolute atomic E-state index is 13.6. The lowest BCUT2D eigenvalue weighted by atomic mass is 10.0. The monoisotopic (exact) mass is 355 g/mol. The van der Waals surface area contributed by atoms with Crippen molar-refractivity contribution in [2.75, 3.05) is 19.6 Å². The predicted molar refractivity (Wildman–Crippen MR) is 86.4 cm³/mol. The SMILES string of the molecule is Cl.Cl.NCC(=O)NC1CCCN(Cc2c(F)cccc2F)C1. The Kier molecular flexibility index (Phi) is 9.51. The van der Waals surface area contributed by atoms with Gasteiger partial charge in [0.1, 0.15) is 11.6 Å². The van der Waals surface area contributed by atoms with E-state index in [2.05, 4.69) is 5.32 Å². The Morgan fingerprint density at radius 3 is 2.55 bits per heavy atom. The molecule has 1 aliphatic heterocycles. The number of amides is 1. The number of nitrogens with zero attached hydrogens (tertiary/aromatic N) is 1. The molecule has 3 N–H and O–H groups in total. The van der Waals surface area contributed by atoms with Gasteiger partial charge in [0, 0.05) is 24.7 Å². The van der Waals surface area contributed by atoms with Crippen molar-refractivity contribution >= 4 is 30.7 Å². The molecule has 0 aliphatic carbocycles. The number of hydrogen-bond donors (Lipinski definition) is 2. The van der Waals surface area contributed by atoms with Crippen molar-refractivity contribution in [1.82, 2.24) is 10.2 Å². The van der Waals surface area contributed by atoms with Crippen LogP contribution in [0.2, 0.25) is 0 Å². The molecule has 1 fully saturated rings. The highest BCUT2D eigenvalue weighted by Gasteiger charge is 2.22. The summed E-state index contributed by atoms with van der Waals surface area (Å²) >= 11 is 0. The third kappa shape index (κ3) is 5.68. The number of rotatable bonds is 4. The van der Waals surface area contributed by atoms with Crippen LogP contribution in [0, 0.1) is 11.6 Å². The summed E-state index contributed by atoms with van der Waals surface area (Å²) in [5.41, 5.74) is 5.34. The first kappa shape index (κ1) is 21.0. The van der Waals surface area contributed by atoms with Gasteiger partial charge in [0.2, 0.25) is 5.91 Å². The molecule has 0 spiro atoms. The minimum atomic E-state index is -0.530. The first-order chi connectivity index (χ1) is 9.60. The Morgan fingerprint density at radius 2 is 1.95 bits per heavy atom. The van der Waals surface area contributed by atoms with Gasteiger partial charge >= 0.3 is 0 Å². The Bertz CT molecular complexity index is 471. The Labute approximate surface area is 141 Å². The second-order valence-corrected chi connectivity index (χ2v) is 5.05. The predicted octanol–water partition coefficient (Wildman–Crippen LogP) is 1.85. The molecular formula is C14H21Cl2F2N3O. The lowest BCUT2D eigenvalue weighted by molar-refractivity contribution is -0.120. The largest absolute Gasteiger partial charge is 0.351 e. The van der Waals surface area contributed by atoms with Crippen LogP contribution in [0.1, 0.15) is 18.4 Å². The zero-order chi connectivity index (χ0) is 14.5. The van der Waals surface area contributed by atoms with E-state index < -0.39 is 11.6 Å². The highest BCUT2D eigenvalue weighted by molar-refractivity contribution is 5.85. The molecule has 1 saturated heterocycles. The van der Waals surface area contributed by atoms with Gasteiger partial charge in [-0.1, -0.05) is 6.07 Å². The molecule has 4 nitrogen and oxygen atoms in total. The van der Waals surface area contributed by atoms with Gasteiger partial charge in [0.05, 0.1) is 6.54 Å². The summed E-state index contributed by atoms with van der Waals surface area (Å²) in [4.78, 5) is 13.2. The van der Waals surface area contributed by atoms with Crippen LogP contribution in [-0.4, -0.2) is 36.5 Å². The Hall–Kier alpha value is -0.950. The summed E-state index contributed by atoms with van der Waals surface area (Å²) in [6.07, 6.45) is 1.74. The minimum absolute atomic E-state index is 0. The van der Waals surface area contributed by atoms with Gasteiger partial charge in [-0.2, -0.15) is 0 Å². The van der Waals surface area contributed by atoms with Crippen molar-refractivity contribution in [3.8, 4) is 0 Å². The number of benzene rings is 1. The second-order valence-electron chi connectivity index (χ2n) is 5.05. The zero-order valence-corrected chi connectivity index (χ0v) is 13.7. The van der Waals surface area contributed by atoms with Crippen LogP contribution in [0.25, 0.3) is 0 Å². The van der Waals surface area contributed by atoms with E-state index in [9.17, 15) is 13.6 Å². The maximum Gasteiger partial charge on any atom is 0.233 e. The fourth-order valence-corrected chi connectivity index (χ4v) is 2.51. The molecule has 1 atom stereocenters. The van der Waals surface area contributed by atoms with E-state index in [4.69, 9.17) is 5.73 Å². The van der Waals surface area contributed by atoms with E-state index in [0.717, 1.165) is 19.4 Å². The van der Waals surface area contributed by atoms with E-state index in [1.807, 2.05) is 4.90 Å². The summed E-state index contributed by atoms with van der Waals surface area (Å²) in [5, 5.41) is 2.82. The average molecular weight is 356 g/mol. The average Bonchev–Trinajstić information content (AvgIpc) is 2.43. The molecule has 0 bridgehead atoms. The highest BCUT2D eigenvalue weighted by atomic mass is 35.5. The molecule has 8 heteroatoms.